The molecule has 94 valence electrons. The van der Waals surface area contributed by atoms with E-state index in [-0.39, 0.29) is 16.4 Å². The normalized spacial score (nSPS) is 10.5. The molecule has 0 saturated heterocycles. The fourth-order valence-corrected chi connectivity index (χ4v) is 1.74. The second-order valence-electron chi connectivity index (χ2n) is 3.83. The molecule has 0 aliphatic rings. The first-order valence-corrected chi connectivity index (χ1v) is 5.53. The molecule has 0 atom stereocenters. The Kier molecular flexibility index (Phi) is 3.48. The van der Waals surface area contributed by atoms with E-state index in [0.29, 0.717) is 5.56 Å². The third-order valence-electron chi connectivity index (χ3n) is 2.45. The van der Waals surface area contributed by atoms with Crippen molar-refractivity contribution in [2.75, 3.05) is 5.32 Å². The third-order valence-corrected chi connectivity index (χ3v) is 2.76. The zero-order valence-corrected chi connectivity index (χ0v) is 10.2. The molecular weight excluding hydrogens is 263 g/mol. The fraction of sp³-hybridized carbons (Fsp3) is 0.0769. The van der Waals surface area contributed by atoms with Crippen LogP contribution in [-0.4, -0.2) is 0 Å². The van der Waals surface area contributed by atoms with Crippen molar-refractivity contribution in [2.45, 2.75) is 6.92 Å². The van der Waals surface area contributed by atoms with Crippen LogP contribution in [0, 0.1) is 24.4 Å². The number of anilines is 2. The van der Waals surface area contributed by atoms with E-state index in [1.54, 1.807) is 6.92 Å². The minimum atomic E-state index is -0.771. The molecule has 0 heterocycles. The van der Waals surface area contributed by atoms with Gasteiger partial charge in [-0.05, 0) is 36.8 Å². The number of aryl methyl sites for hydroxylation is 1. The van der Waals surface area contributed by atoms with E-state index in [1.165, 1.54) is 18.2 Å². The summed E-state index contributed by atoms with van der Waals surface area (Å²) in [6, 6.07) is 5.66. The lowest BCUT2D eigenvalue weighted by atomic mass is 10.2. The van der Waals surface area contributed by atoms with Crippen molar-refractivity contribution in [1.29, 1.82) is 0 Å². The van der Waals surface area contributed by atoms with Gasteiger partial charge in [0.1, 0.15) is 17.5 Å². The van der Waals surface area contributed by atoms with Crippen LogP contribution < -0.4 is 5.32 Å². The highest BCUT2D eigenvalue weighted by molar-refractivity contribution is 6.33. The second kappa shape index (κ2) is 4.90. The summed E-state index contributed by atoms with van der Waals surface area (Å²) in [5.74, 6) is -1.91. The van der Waals surface area contributed by atoms with Gasteiger partial charge in [0.15, 0.2) is 0 Å². The van der Waals surface area contributed by atoms with E-state index in [9.17, 15) is 13.2 Å². The molecule has 18 heavy (non-hydrogen) atoms. The van der Waals surface area contributed by atoms with Crippen molar-refractivity contribution >= 4 is 23.0 Å². The predicted octanol–water partition coefficient (Wildman–Crippen LogP) is 4.81. The minimum Gasteiger partial charge on any atom is -0.352 e. The number of halogens is 4. The van der Waals surface area contributed by atoms with Gasteiger partial charge in [-0.25, -0.2) is 13.2 Å². The molecule has 2 rings (SSSR count). The Labute approximate surface area is 107 Å². The van der Waals surface area contributed by atoms with E-state index in [0.717, 1.165) is 12.1 Å². The molecule has 2 aromatic carbocycles. The maximum Gasteiger partial charge on any atom is 0.149 e. The molecule has 0 saturated carbocycles. The molecule has 0 aliphatic carbocycles. The minimum absolute atomic E-state index is 0.0292. The smallest absolute Gasteiger partial charge is 0.149 e. The van der Waals surface area contributed by atoms with Gasteiger partial charge in [0.2, 0.25) is 0 Å². The molecule has 0 unspecified atom stereocenters. The van der Waals surface area contributed by atoms with Crippen molar-refractivity contribution in [2.24, 2.45) is 0 Å². The molecule has 2 aromatic rings. The van der Waals surface area contributed by atoms with Gasteiger partial charge < -0.3 is 5.32 Å². The summed E-state index contributed by atoms with van der Waals surface area (Å²) < 4.78 is 39.5. The van der Waals surface area contributed by atoms with Gasteiger partial charge in [-0.1, -0.05) is 11.6 Å². The van der Waals surface area contributed by atoms with Crippen molar-refractivity contribution in [1.82, 2.24) is 0 Å². The van der Waals surface area contributed by atoms with E-state index >= 15 is 0 Å². The summed E-state index contributed by atoms with van der Waals surface area (Å²) in [5.41, 5.74) is 0.650. The lowest BCUT2D eigenvalue weighted by molar-refractivity contribution is 0.586. The summed E-state index contributed by atoms with van der Waals surface area (Å²) in [5, 5.41) is 2.88. The van der Waals surface area contributed by atoms with Crippen molar-refractivity contribution in [3.63, 3.8) is 0 Å². The van der Waals surface area contributed by atoms with Crippen LogP contribution in [0.2, 0.25) is 5.02 Å². The fourth-order valence-electron chi connectivity index (χ4n) is 1.48. The van der Waals surface area contributed by atoms with Gasteiger partial charge in [-0.3, -0.25) is 0 Å². The highest BCUT2D eigenvalue weighted by atomic mass is 35.5. The number of hydrogen-bond acceptors (Lipinski definition) is 1. The van der Waals surface area contributed by atoms with Crippen LogP contribution >= 0.6 is 11.6 Å². The number of hydrogen-bond donors (Lipinski definition) is 1. The average molecular weight is 272 g/mol. The number of rotatable bonds is 2. The Morgan fingerprint density at radius 2 is 1.67 bits per heavy atom. The summed E-state index contributed by atoms with van der Waals surface area (Å²) in [7, 11) is 0. The molecule has 0 bridgehead atoms. The van der Waals surface area contributed by atoms with Gasteiger partial charge in [-0.15, -0.1) is 0 Å². The van der Waals surface area contributed by atoms with Crippen molar-refractivity contribution in [3.8, 4) is 0 Å². The van der Waals surface area contributed by atoms with Crippen LogP contribution in [0.25, 0.3) is 0 Å². The average Bonchev–Trinajstić information content (AvgIpc) is 2.29. The summed E-state index contributed by atoms with van der Waals surface area (Å²) in [6.07, 6.45) is 0. The van der Waals surface area contributed by atoms with Gasteiger partial charge in [0.25, 0.3) is 0 Å². The molecule has 5 heteroatoms. The van der Waals surface area contributed by atoms with E-state index in [4.69, 9.17) is 11.6 Å². The lowest BCUT2D eigenvalue weighted by Gasteiger charge is -2.10. The standard InChI is InChI=1S/C13H9ClF3N/c1-7-4-9(14)13(6-10(7)16)18-12-3-2-8(15)5-11(12)17/h2-6,18H,1H3. The highest BCUT2D eigenvalue weighted by Gasteiger charge is 2.09. The second-order valence-corrected chi connectivity index (χ2v) is 4.24. The van der Waals surface area contributed by atoms with Crippen molar-refractivity contribution in [3.05, 3.63) is 58.4 Å². The van der Waals surface area contributed by atoms with Crippen LogP contribution in [0.5, 0.6) is 0 Å². The summed E-state index contributed by atoms with van der Waals surface area (Å²) in [6.45, 7) is 1.57. The number of benzene rings is 2. The van der Waals surface area contributed by atoms with Gasteiger partial charge in [-0.2, -0.15) is 0 Å². The predicted molar refractivity (Wildman–Crippen MR) is 65.8 cm³/mol. The Morgan fingerprint density at radius 1 is 0.944 bits per heavy atom. The van der Waals surface area contributed by atoms with Gasteiger partial charge >= 0.3 is 0 Å². The van der Waals surface area contributed by atoms with Crippen LogP contribution in [0.1, 0.15) is 5.56 Å². The SMILES string of the molecule is Cc1cc(Cl)c(Nc2ccc(F)cc2F)cc1F. The lowest BCUT2D eigenvalue weighted by Crippen LogP contribution is -1.97. The molecule has 0 radical (unpaired) electrons. The molecule has 1 N–H and O–H groups in total. The van der Waals surface area contributed by atoms with E-state index in [2.05, 4.69) is 5.32 Å². The molecule has 0 amide bonds. The molecule has 0 aliphatic heterocycles. The Morgan fingerprint density at radius 3 is 2.33 bits per heavy atom. The first-order valence-electron chi connectivity index (χ1n) is 5.15. The maximum absolute atomic E-state index is 13.4. The Bertz CT molecular complexity index is 599. The van der Waals surface area contributed by atoms with E-state index in [1.807, 2.05) is 0 Å². The molecule has 0 fully saturated rings. The third kappa shape index (κ3) is 2.59. The van der Waals surface area contributed by atoms with Crippen LogP contribution in [-0.2, 0) is 0 Å². The molecular formula is C13H9ClF3N. The van der Waals surface area contributed by atoms with Crippen molar-refractivity contribution < 1.29 is 13.2 Å². The zero-order chi connectivity index (χ0) is 13.3. The maximum atomic E-state index is 13.4. The molecule has 0 aromatic heterocycles. The van der Waals surface area contributed by atoms with Gasteiger partial charge in [0, 0.05) is 6.07 Å². The van der Waals surface area contributed by atoms with Crippen LogP contribution in [0.15, 0.2) is 30.3 Å². The molecule has 1 nitrogen and oxygen atoms in total. The monoisotopic (exact) mass is 271 g/mol. The first-order chi connectivity index (χ1) is 8.47. The topological polar surface area (TPSA) is 12.0 Å². The van der Waals surface area contributed by atoms with Crippen LogP contribution in [0.4, 0.5) is 24.5 Å². The summed E-state index contributed by atoms with van der Waals surface area (Å²) >= 11 is 5.91. The summed E-state index contributed by atoms with van der Waals surface area (Å²) in [4.78, 5) is 0. The van der Waals surface area contributed by atoms with E-state index < -0.39 is 17.5 Å². The van der Waals surface area contributed by atoms with Gasteiger partial charge in [0.05, 0.1) is 16.4 Å². The first kappa shape index (κ1) is 12.8. The highest BCUT2D eigenvalue weighted by Crippen LogP contribution is 2.29. The largest absolute Gasteiger partial charge is 0.352 e. The van der Waals surface area contributed by atoms with Crippen LogP contribution in [0.3, 0.4) is 0 Å². The Hall–Kier alpha value is -1.68. The number of nitrogens with one attached hydrogen (secondary N) is 1. The Balaban J connectivity index is 2.37. The molecule has 0 spiro atoms. The quantitative estimate of drug-likeness (QED) is 0.826. The zero-order valence-electron chi connectivity index (χ0n) is 9.40.